The van der Waals surface area contributed by atoms with Gasteiger partial charge < -0.3 is 10.6 Å². The average molecular weight is 331 g/mol. The second-order valence-corrected chi connectivity index (χ2v) is 7.14. The van der Waals surface area contributed by atoms with Crippen molar-refractivity contribution in [2.24, 2.45) is 0 Å². The molecule has 0 bridgehead atoms. The first kappa shape index (κ1) is 17.4. The van der Waals surface area contributed by atoms with Gasteiger partial charge in [-0.3, -0.25) is 0 Å². The first-order valence-electron chi connectivity index (χ1n) is 7.69. The molecule has 2 aromatic rings. The molecule has 4 heteroatoms. The summed E-state index contributed by atoms with van der Waals surface area (Å²) in [5, 5.41) is 6.31. The van der Waals surface area contributed by atoms with Crippen LogP contribution in [-0.2, 0) is 5.41 Å². The van der Waals surface area contributed by atoms with E-state index in [4.69, 9.17) is 11.6 Å². The Bertz CT molecular complexity index is 675. The summed E-state index contributed by atoms with van der Waals surface area (Å²) in [6, 6.07) is 15.1. The maximum atomic E-state index is 12.1. The lowest BCUT2D eigenvalue weighted by Gasteiger charge is -2.21. The third-order valence-corrected chi connectivity index (χ3v) is 3.94. The Kier molecular flexibility index (Phi) is 5.32. The summed E-state index contributed by atoms with van der Waals surface area (Å²) in [4.78, 5) is 12.1. The van der Waals surface area contributed by atoms with Gasteiger partial charge in [0.25, 0.3) is 0 Å². The van der Waals surface area contributed by atoms with E-state index >= 15 is 0 Å². The predicted octanol–water partition coefficient (Wildman–Crippen LogP) is 5.52. The number of nitrogens with one attached hydrogen (secondary N) is 2. The Balaban J connectivity index is 1.98. The normalized spacial score (nSPS) is 12.6. The number of hydrogen-bond donors (Lipinski definition) is 2. The van der Waals surface area contributed by atoms with E-state index in [2.05, 4.69) is 55.7 Å². The van der Waals surface area contributed by atoms with Crippen LogP contribution in [0.3, 0.4) is 0 Å². The first-order valence-corrected chi connectivity index (χ1v) is 8.07. The van der Waals surface area contributed by atoms with Gasteiger partial charge in [-0.05, 0) is 41.7 Å². The van der Waals surface area contributed by atoms with Crippen LogP contribution in [-0.4, -0.2) is 6.03 Å². The molecule has 0 aromatic heterocycles. The molecule has 23 heavy (non-hydrogen) atoms. The summed E-state index contributed by atoms with van der Waals surface area (Å²) < 4.78 is 0. The van der Waals surface area contributed by atoms with Gasteiger partial charge in [-0.15, -0.1) is 0 Å². The number of carbonyl (C=O) groups is 1. The average Bonchev–Trinajstić information content (AvgIpc) is 2.46. The molecule has 0 radical (unpaired) electrons. The third kappa shape index (κ3) is 5.00. The molecule has 2 N–H and O–H groups in total. The highest BCUT2D eigenvalue weighted by Gasteiger charge is 2.15. The van der Waals surface area contributed by atoms with Gasteiger partial charge in [-0.1, -0.05) is 62.7 Å². The van der Waals surface area contributed by atoms with Crippen LogP contribution < -0.4 is 10.6 Å². The van der Waals surface area contributed by atoms with Crippen molar-refractivity contribution >= 4 is 23.3 Å². The van der Waals surface area contributed by atoms with Gasteiger partial charge in [-0.2, -0.15) is 0 Å². The van der Waals surface area contributed by atoms with Gasteiger partial charge in [0.15, 0.2) is 0 Å². The largest absolute Gasteiger partial charge is 0.331 e. The standard InChI is InChI=1S/C19H23ClN2O/c1-13(14-8-10-15(11-9-14)19(2,3)4)21-18(23)22-17-7-5-6-16(20)12-17/h5-13H,1-4H3,(H2,21,22,23)/t13-/m1/s1. The SMILES string of the molecule is C[C@@H](NC(=O)Nc1cccc(Cl)c1)c1ccc(C(C)(C)C)cc1. The van der Waals surface area contributed by atoms with Crippen LogP contribution >= 0.6 is 11.6 Å². The highest BCUT2D eigenvalue weighted by atomic mass is 35.5. The number of anilines is 1. The van der Waals surface area contributed by atoms with E-state index in [0.29, 0.717) is 10.7 Å². The number of urea groups is 1. The number of halogens is 1. The number of carbonyl (C=O) groups excluding carboxylic acids is 1. The molecule has 2 rings (SSSR count). The fourth-order valence-corrected chi connectivity index (χ4v) is 2.48. The molecule has 1 atom stereocenters. The Morgan fingerprint density at radius 2 is 1.74 bits per heavy atom. The van der Waals surface area contributed by atoms with Gasteiger partial charge in [0.05, 0.1) is 6.04 Å². The molecule has 0 aliphatic heterocycles. The molecule has 2 amide bonds. The van der Waals surface area contributed by atoms with E-state index in [9.17, 15) is 4.79 Å². The first-order chi connectivity index (χ1) is 10.8. The molecule has 0 heterocycles. The Morgan fingerprint density at radius 1 is 1.09 bits per heavy atom. The molecule has 0 saturated heterocycles. The van der Waals surface area contributed by atoms with E-state index in [0.717, 1.165) is 5.56 Å². The van der Waals surface area contributed by atoms with Crippen molar-refractivity contribution in [2.75, 3.05) is 5.32 Å². The number of benzene rings is 2. The van der Waals surface area contributed by atoms with Crippen LogP contribution in [0.15, 0.2) is 48.5 Å². The summed E-state index contributed by atoms with van der Waals surface area (Å²) in [5.41, 5.74) is 3.14. The zero-order valence-electron chi connectivity index (χ0n) is 14.0. The van der Waals surface area contributed by atoms with Crippen molar-refractivity contribution in [3.63, 3.8) is 0 Å². The van der Waals surface area contributed by atoms with E-state index in [1.54, 1.807) is 24.3 Å². The topological polar surface area (TPSA) is 41.1 Å². The minimum atomic E-state index is -0.250. The lowest BCUT2D eigenvalue weighted by molar-refractivity contribution is 0.249. The molecule has 2 aromatic carbocycles. The molecular weight excluding hydrogens is 308 g/mol. The van der Waals surface area contributed by atoms with Crippen molar-refractivity contribution in [3.05, 3.63) is 64.7 Å². The summed E-state index contributed by atoms with van der Waals surface area (Å²) >= 11 is 5.91. The fourth-order valence-electron chi connectivity index (χ4n) is 2.29. The fraction of sp³-hybridized carbons (Fsp3) is 0.316. The van der Waals surface area contributed by atoms with Crippen molar-refractivity contribution in [1.29, 1.82) is 0 Å². The van der Waals surface area contributed by atoms with Crippen LogP contribution in [0, 0.1) is 0 Å². The molecule has 0 aliphatic rings. The number of rotatable bonds is 3. The van der Waals surface area contributed by atoms with Crippen molar-refractivity contribution in [3.8, 4) is 0 Å². The van der Waals surface area contributed by atoms with Crippen LogP contribution in [0.1, 0.15) is 44.9 Å². The van der Waals surface area contributed by atoms with E-state index < -0.39 is 0 Å². The molecule has 0 aliphatic carbocycles. The van der Waals surface area contributed by atoms with E-state index in [1.165, 1.54) is 5.56 Å². The zero-order chi connectivity index (χ0) is 17.0. The van der Waals surface area contributed by atoms with Gasteiger partial charge in [0.2, 0.25) is 0 Å². The monoisotopic (exact) mass is 330 g/mol. The molecular formula is C19H23ClN2O. The van der Waals surface area contributed by atoms with E-state index in [-0.39, 0.29) is 17.5 Å². The van der Waals surface area contributed by atoms with Crippen LogP contribution in [0.25, 0.3) is 0 Å². The zero-order valence-corrected chi connectivity index (χ0v) is 14.7. The maximum Gasteiger partial charge on any atom is 0.319 e. The summed E-state index contributed by atoms with van der Waals surface area (Å²) in [6.07, 6.45) is 0. The summed E-state index contributed by atoms with van der Waals surface area (Å²) in [7, 11) is 0. The van der Waals surface area contributed by atoms with Crippen molar-refractivity contribution < 1.29 is 4.79 Å². The molecule has 0 fully saturated rings. The summed E-state index contributed by atoms with van der Waals surface area (Å²) in [5.74, 6) is 0. The molecule has 0 spiro atoms. The Labute approximate surface area is 143 Å². The number of hydrogen-bond acceptors (Lipinski definition) is 1. The van der Waals surface area contributed by atoms with Crippen molar-refractivity contribution in [1.82, 2.24) is 5.32 Å². The van der Waals surface area contributed by atoms with Crippen LogP contribution in [0.4, 0.5) is 10.5 Å². The minimum Gasteiger partial charge on any atom is -0.331 e. The highest BCUT2D eigenvalue weighted by Crippen LogP contribution is 2.24. The number of amides is 2. The molecule has 3 nitrogen and oxygen atoms in total. The van der Waals surface area contributed by atoms with Gasteiger partial charge >= 0.3 is 6.03 Å². The smallest absolute Gasteiger partial charge is 0.319 e. The van der Waals surface area contributed by atoms with Gasteiger partial charge in [0.1, 0.15) is 0 Å². The Hall–Kier alpha value is -2.00. The molecule has 0 saturated carbocycles. The molecule has 0 unspecified atom stereocenters. The quantitative estimate of drug-likeness (QED) is 0.764. The predicted molar refractivity (Wildman–Crippen MR) is 97.2 cm³/mol. The lowest BCUT2D eigenvalue weighted by Crippen LogP contribution is -2.31. The second kappa shape index (κ2) is 7.05. The summed E-state index contributed by atoms with van der Waals surface area (Å²) in [6.45, 7) is 8.51. The highest BCUT2D eigenvalue weighted by molar-refractivity contribution is 6.30. The van der Waals surface area contributed by atoms with Gasteiger partial charge in [-0.25, -0.2) is 4.79 Å². The van der Waals surface area contributed by atoms with Crippen LogP contribution in [0.5, 0.6) is 0 Å². The van der Waals surface area contributed by atoms with Crippen LogP contribution in [0.2, 0.25) is 5.02 Å². The minimum absolute atomic E-state index is 0.0804. The Morgan fingerprint density at radius 3 is 2.30 bits per heavy atom. The molecule has 122 valence electrons. The second-order valence-electron chi connectivity index (χ2n) is 6.70. The lowest BCUT2D eigenvalue weighted by atomic mass is 9.86. The van der Waals surface area contributed by atoms with Gasteiger partial charge in [0, 0.05) is 10.7 Å². The third-order valence-electron chi connectivity index (χ3n) is 3.71. The van der Waals surface area contributed by atoms with E-state index in [1.807, 2.05) is 6.92 Å². The van der Waals surface area contributed by atoms with Crippen molar-refractivity contribution in [2.45, 2.75) is 39.2 Å². The maximum absolute atomic E-state index is 12.1.